The van der Waals surface area contributed by atoms with Crippen LogP contribution in [0.1, 0.15) is 149 Å². The fraction of sp³-hybridized carbons (Fsp3) is 0.935. The molecule has 1 unspecified atom stereocenters. The molecule has 0 fully saturated rings. The molecule has 220 valence electrons. The molecule has 0 aliphatic heterocycles. The number of hydrogen-bond acceptors (Lipinski definition) is 6. The lowest BCUT2D eigenvalue weighted by Gasteiger charge is -2.18. The van der Waals surface area contributed by atoms with E-state index < -0.39 is 6.16 Å². The average molecular weight is 528 g/mol. The zero-order valence-corrected chi connectivity index (χ0v) is 25.0. The summed E-state index contributed by atoms with van der Waals surface area (Å²) in [7, 11) is 4.03. The predicted molar refractivity (Wildman–Crippen MR) is 154 cm³/mol. The minimum absolute atomic E-state index is 0.0337. The Balaban J connectivity index is 4.02. The Labute approximate surface area is 229 Å². The van der Waals surface area contributed by atoms with Gasteiger partial charge in [0.1, 0.15) is 6.10 Å². The van der Waals surface area contributed by atoms with Gasteiger partial charge in [0.15, 0.2) is 0 Å². The van der Waals surface area contributed by atoms with Crippen LogP contribution in [0, 0.1) is 0 Å². The molecule has 0 bridgehead atoms. The van der Waals surface area contributed by atoms with Crippen LogP contribution in [0.25, 0.3) is 0 Å². The van der Waals surface area contributed by atoms with Crippen LogP contribution in [0.15, 0.2) is 0 Å². The number of esters is 1. The molecule has 0 aromatic carbocycles. The molecular weight excluding hydrogens is 466 g/mol. The Morgan fingerprint density at radius 3 is 1.65 bits per heavy atom. The molecule has 0 spiro atoms. The monoisotopic (exact) mass is 527 g/mol. The van der Waals surface area contributed by atoms with Crippen molar-refractivity contribution < 1.29 is 23.8 Å². The van der Waals surface area contributed by atoms with Crippen LogP contribution in [-0.2, 0) is 19.0 Å². The number of ether oxygens (including phenoxy) is 3. The molecular formula is C31H61NO5. The Kier molecular flexibility index (Phi) is 26.8. The number of unbranched alkanes of at least 4 members (excludes halogenated alkanes) is 14. The predicted octanol–water partition coefficient (Wildman–Crippen LogP) is 8.84. The largest absolute Gasteiger partial charge is 0.508 e. The van der Waals surface area contributed by atoms with Gasteiger partial charge in [-0.1, -0.05) is 97.3 Å². The third-order valence-electron chi connectivity index (χ3n) is 6.78. The van der Waals surface area contributed by atoms with Crippen LogP contribution in [0.2, 0.25) is 0 Å². The lowest BCUT2D eigenvalue weighted by Crippen LogP contribution is -2.21. The van der Waals surface area contributed by atoms with E-state index in [9.17, 15) is 9.59 Å². The molecule has 0 N–H and O–H groups in total. The molecule has 0 aromatic rings. The highest BCUT2D eigenvalue weighted by Crippen LogP contribution is 2.18. The maximum Gasteiger partial charge on any atom is 0.508 e. The zero-order chi connectivity index (χ0) is 27.4. The molecule has 6 nitrogen and oxygen atoms in total. The highest BCUT2D eigenvalue weighted by Gasteiger charge is 2.15. The minimum atomic E-state index is -0.507. The smallest absolute Gasteiger partial charge is 0.466 e. The number of hydrogen-bond donors (Lipinski definition) is 0. The van der Waals surface area contributed by atoms with Crippen LogP contribution >= 0.6 is 0 Å². The molecule has 1 atom stereocenters. The van der Waals surface area contributed by atoms with Crippen molar-refractivity contribution in [1.29, 1.82) is 0 Å². The Morgan fingerprint density at radius 2 is 1.08 bits per heavy atom. The summed E-state index contributed by atoms with van der Waals surface area (Å²) in [6.07, 6.45) is 22.7. The lowest BCUT2D eigenvalue weighted by atomic mass is 10.0. The summed E-state index contributed by atoms with van der Waals surface area (Å²) in [4.78, 5) is 25.9. The second-order valence-electron chi connectivity index (χ2n) is 10.8. The van der Waals surface area contributed by atoms with E-state index in [1.807, 2.05) is 14.1 Å². The van der Waals surface area contributed by atoms with E-state index in [0.29, 0.717) is 19.6 Å². The summed E-state index contributed by atoms with van der Waals surface area (Å²) in [5, 5.41) is 0. The van der Waals surface area contributed by atoms with Gasteiger partial charge in [-0.2, -0.15) is 0 Å². The van der Waals surface area contributed by atoms with Gasteiger partial charge in [0.05, 0.1) is 13.2 Å². The van der Waals surface area contributed by atoms with Crippen molar-refractivity contribution >= 4 is 12.1 Å². The summed E-state index contributed by atoms with van der Waals surface area (Å²) >= 11 is 0. The van der Waals surface area contributed by atoms with E-state index in [2.05, 4.69) is 18.7 Å². The normalized spacial score (nSPS) is 12.0. The summed E-state index contributed by atoms with van der Waals surface area (Å²) in [5.74, 6) is -0.0489. The fourth-order valence-electron chi connectivity index (χ4n) is 4.43. The van der Waals surface area contributed by atoms with Gasteiger partial charge in [-0.15, -0.1) is 0 Å². The molecule has 0 heterocycles. The SMILES string of the molecule is CCCCCCCCCCC(CCCCCCCCOC(=O)CCCCC)OC(=O)OCCCN(C)C. The fourth-order valence-corrected chi connectivity index (χ4v) is 4.43. The maximum atomic E-state index is 12.2. The molecule has 0 saturated carbocycles. The maximum absolute atomic E-state index is 12.2. The second-order valence-corrected chi connectivity index (χ2v) is 10.8. The van der Waals surface area contributed by atoms with Crippen LogP contribution in [0.4, 0.5) is 4.79 Å². The topological polar surface area (TPSA) is 65.1 Å². The van der Waals surface area contributed by atoms with Crippen LogP contribution in [0.5, 0.6) is 0 Å². The highest BCUT2D eigenvalue weighted by molar-refractivity contribution is 5.69. The van der Waals surface area contributed by atoms with Gasteiger partial charge in [0.25, 0.3) is 0 Å². The van der Waals surface area contributed by atoms with E-state index >= 15 is 0 Å². The van der Waals surface area contributed by atoms with Gasteiger partial charge >= 0.3 is 12.1 Å². The highest BCUT2D eigenvalue weighted by atomic mass is 16.7. The van der Waals surface area contributed by atoms with Gasteiger partial charge in [0.2, 0.25) is 0 Å². The Bertz CT molecular complexity index is 512. The Hall–Kier alpha value is -1.30. The number of carbonyl (C=O) groups excluding carboxylic acids is 2. The molecule has 0 aliphatic carbocycles. The van der Waals surface area contributed by atoms with Crippen molar-refractivity contribution in [3.05, 3.63) is 0 Å². The summed E-state index contributed by atoms with van der Waals surface area (Å²) in [6, 6.07) is 0. The van der Waals surface area contributed by atoms with Gasteiger partial charge in [-0.3, -0.25) is 4.79 Å². The number of rotatable bonds is 27. The summed E-state index contributed by atoms with van der Waals surface area (Å²) in [5.41, 5.74) is 0. The quantitative estimate of drug-likeness (QED) is 0.0785. The average Bonchev–Trinajstić information content (AvgIpc) is 2.87. The van der Waals surface area contributed by atoms with E-state index in [1.165, 1.54) is 51.4 Å². The summed E-state index contributed by atoms with van der Waals surface area (Å²) < 4.78 is 16.3. The van der Waals surface area contributed by atoms with Gasteiger partial charge in [0, 0.05) is 13.0 Å². The van der Waals surface area contributed by atoms with E-state index in [4.69, 9.17) is 14.2 Å². The molecule has 0 radical (unpaired) electrons. The Morgan fingerprint density at radius 1 is 0.595 bits per heavy atom. The van der Waals surface area contributed by atoms with Crippen molar-refractivity contribution in [3.8, 4) is 0 Å². The molecule has 0 rings (SSSR count). The lowest BCUT2D eigenvalue weighted by molar-refractivity contribution is -0.143. The standard InChI is InChI=1S/C31H61NO5/c1-5-7-9-10-11-12-15-19-23-29(37-31(34)36-28-22-26-32(3)4)24-20-16-13-14-17-21-27-35-30(33)25-18-8-6-2/h29H,5-28H2,1-4H3. The molecule has 0 amide bonds. The molecule has 6 heteroatoms. The van der Waals surface area contributed by atoms with E-state index in [1.54, 1.807) is 0 Å². The van der Waals surface area contributed by atoms with Crippen LogP contribution in [-0.4, -0.2) is 57.0 Å². The molecule has 0 aliphatic rings. The first-order valence-electron chi connectivity index (χ1n) is 15.6. The van der Waals surface area contributed by atoms with E-state index in [0.717, 1.165) is 83.6 Å². The van der Waals surface area contributed by atoms with Gasteiger partial charge in [-0.05, 0) is 59.0 Å². The van der Waals surface area contributed by atoms with Crippen molar-refractivity contribution in [2.75, 3.05) is 33.9 Å². The third kappa shape index (κ3) is 27.5. The van der Waals surface area contributed by atoms with E-state index in [-0.39, 0.29) is 12.1 Å². The van der Waals surface area contributed by atoms with Crippen molar-refractivity contribution in [2.45, 2.75) is 155 Å². The first-order valence-corrected chi connectivity index (χ1v) is 15.6. The van der Waals surface area contributed by atoms with Gasteiger partial charge in [-0.25, -0.2) is 4.79 Å². The first-order chi connectivity index (χ1) is 18.0. The van der Waals surface area contributed by atoms with Crippen LogP contribution < -0.4 is 0 Å². The van der Waals surface area contributed by atoms with Gasteiger partial charge < -0.3 is 19.1 Å². The molecule has 0 aromatic heterocycles. The third-order valence-corrected chi connectivity index (χ3v) is 6.78. The number of carbonyl (C=O) groups is 2. The summed E-state index contributed by atoms with van der Waals surface area (Å²) in [6.45, 7) is 6.25. The minimum Gasteiger partial charge on any atom is -0.466 e. The van der Waals surface area contributed by atoms with Crippen molar-refractivity contribution in [3.63, 3.8) is 0 Å². The molecule has 37 heavy (non-hydrogen) atoms. The van der Waals surface area contributed by atoms with Crippen molar-refractivity contribution in [2.24, 2.45) is 0 Å². The number of nitrogens with zero attached hydrogens (tertiary/aromatic N) is 1. The zero-order valence-electron chi connectivity index (χ0n) is 25.0. The second kappa shape index (κ2) is 27.7. The van der Waals surface area contributed by atoms with Crippen molar-refractivity contribution in [1.82, 2.24) is 4.90 Å². The van der Waals surface area contributed by atoms with Crippen LogP contribution in [0.3, 0.4) is 0 Å². The molecule has 0 saturated heterocycles. The first kappa shape index (κ1) is 35.7.